The number of nitrogens with one attached hydrogen (secondary N) is 1. The molecule has 0 radical (unpaired) electrons. The SMILES string of the molecule is c1nc2cc(N3CCNCC3)ccn2n1. The summed E-state index contributed by atoms with van der Waals surface area (Å²) in [5.41, 5.74) is 2.14. The minimum atomic E-state index is 0.908. The number of hydrogen-bond acceptors (Lipinski definition) is 4. The first kappa shape index (κ1) is 8.67. The fourth-order valence-corrected chi connectivity index (χ4v) is 1.92. The molecule has 1 N–H and O–H groups in total. The highest BCUT2D eigenvalue weighted by atomic mass is 15.3. The summed E-state index contributed by atoms with van der Waals surface area (Å²) in [6, 6.07) is 4.17. The highest BCUT2D eigenvalue weighted by Gasteiger charge is 2.10. The number of anilines is 1. The minimum Gasteiger partial charge on any atom is -0.369 e. The third kappa shape index (κ3) is 1.55. The second-order valence-corrected chi connectivity index (χ2v) is 3.68. The van der Waals surface area contributed by atoms with Gasteiger partial charge in [0.05, 0.1) is 0 Å². The zero-order valence-corrected chi connectivity index (χ0v) is 8.43. The Kier molecular flexibility index (Phi) is 2.03. The average Bonchev–Trinajstić information content (AvgIpc) is 2.77. The molecule has 3 rings (SSSR count). The van der Waals surface area contributed by atoms with Gasteiger partial charge < -0.3 is 10.2 Å². The van der Waals surface area contributed by atoms with Gasteiger partial charge in [0.15, 0.2) is 5.65 Å². The fourth-order valence-electron chi connectivity index (χ4n) is 1.92. The Morgan fingerprint density at radius 3 is 3.00 bits per heavy atom. The quantitative estimate of drug-likeness (QED) is 0.716. The van der Waals surface area contributed by atoms with Crippen molar-refractivity contribution < 1.29 is 0 Å². The van der Waals surface area contributed by atoms with Crippen LogP contribution in [0.3, 0.4) is 0 Å². The molecule has 1 aliphatic rings. The van der Waals surface area contributed by atoms with E-state index in [1.807, 2.05) is 6.20 Å². The van der Waals surface area contributed by atoms with Crippen molar-refractivity contribution >= 4 is 11.3 Å². The predicted octanol–water partition coefficient (Wildman–Crippen LogP) is 0.139. The maximum atomic E-state index is 4.18. The van der Waals surface area contributed by atoms with Gasteiger partial charge in [0, 0.05) is 44.1 Å². The lowest BCUT2D eigenvalue weighted by atomic mass is 10.3. The molecule has 2 aromatic heterocycles. The number of piperazine rings is 1. The third-order valence-electron chi connectivity index (χ3n) is 2.75. The van der Waals surface area contributed by atoms with E-state index in [1.54, 1.807) is 10.8 Å². The molecule has 0 spiro atoms. The standard InChI is InChI=1S/C10H13N5/c1-4-15-10(12-8-13-15)7-9(1)14-5-2-11-3-6-14/h1,4,7-8,11H,2-3,5-6H2. The summed E-state index contributed by atoms with van der Waals surface area (Å²) < 4.78 is 1.78. The van der Waals surface area contributed by atoms with Crippen molar-refractivity contribution in [2.24, 2.45) is 0 Å². The molecule has 0 amide bonds. The van der Waals surface area contributed by atoms with Gasteiger partial charge in [-0.2, -0.15) is 5.10 Å². The van der Waals surface area contributed by atoms with Crippen LogP contribution in [0.25, 0.3) is 5.65 Å². The molecular weight excluding hydrogens is 190 g/mol. The second kappa shape index (κ2) is 3.51. The summed E-state index contributed by atoms with van der Waals surface area (Å²) in [6.45, 7) is 4.23. The van der Waals surface area contributed by atoms with Crippen LogP contribution in [0.2, 0.25) is 0 Å². The second-order valence-electron chi connectivity index (χ2n) is 3.68. The summed E-state index contributed by atoms with van der Waals surface area (Å²) in [4.78, 5) is 6.55. The van der Waals surface area contributed by atoms with E-state index >= 15 is 0 Å². The number of aromatic nitrogens is 3. The van der Waals surface area contributed by atoms with Crippen LogP contribution in [0.5, 0.6) is 0 Å². The van der Waals surface area contributed by atoms with Crippen LogP contribution >= 0.6 is 0 Å². The molecule has 1 saturated heterocycles. The summed E-state index contributed by atoms with van der Waals surface area (Å²) in [5.74, 6) is 0. The lowest BCUT2D eigenvalue weighted by Crippen LogP contribution is -2.43. The lowest BCUT2D eigenvalue weighted by molar-refractivity contribution is 0.589. The number of rotatable bonds is 1. The van der Waals surface area contributed by atoms with E-state index < -0.39 is 0 Å². The molecule has 15 heavy (non-hydrogen) atoms. The van der Waals surface area contributed by atoms with E-state index in [2.05, 4.69) is 32.4 Å². The summed E-state index contributed by atoms with van der Waals surface area (Å²) in [7, 11) is 0. The first-order valence-electron chi connectivity index (χ1n) is 5.18. The molecule has 1 aliphatic heterocycles. The average molecular weight is 203 g/mol. The van der Waals surface area contributed by atoms with Crippen molar-refractivity contribution in [2.75, 3.05) is 31.1 Å². The Bertz CT molecular complexity index is 458. The van der Waals surface area contributed by atoms with Gasteiger partial charge in [-0.1, -0.05) is 0 Å². The molecule has 0 unspecified atom stereocenters. The number of pyridine rings is 1. The molecule has 0 bridgehead atoms. The Labute approximate surface area is 87.7 Å². The maximum absolute atomic E-state index is 4.18. The first-order valence-corrected chi connectivity index (χ1v) is 5.18. The maximum Gasteiger partial charge on any atom is 0.157 e. The zero-order valence-electron chi connectivity index (χ0n) is 8.43. The van der Waals surface area contributed by atoms with Gasteiger partial charge in [-0.3, -0.25) is 0 Å². The molecule has 0 atom stereocenters. The largest absolute Gasteiger partial charge is 0.369 e. The van der Waals surface area contributed by atoms with Gasteiger partial charge in [0.1, 0.15) is 6.33 Å². The Balaban J connectivity index is 1.95. The van der Waals surface area contributed by atoms with Crippen LogP contribution in [0, 0.1) is 0 Å². The van der Waals surface area contributed by atoms with Crippen LogP contribution in [-0.4, -0.2) is 40.8 Å². The van der Waals surface area contributed by atoms with Crippen molar-refractivity contribution in [1.29, 1.82) is 0 Å². The normalized spacial score (nSPS) is 17.2. The van der Waals surface area contributed by atoms with Crippen molar-refractivity contribution in [2.45, 2.75) is 0 Å². The van der Waals surface area contributed by atoms with E-state index in [0.29, 0.717) is 0 Å². The minimum absolute atomic E-state index is 0.908. The Hall–Kier alpha value is -1.62. The predicted molar refractivity (Wildman–Crippen MR) is 58.1 cm³/mol. The van der Waals surface area contributed by atoms with Crippen LogP contribution in [-0.2, 0) is 0 Å². The third-order valence-corrected chi connectivity index (χ3v) is 2.75. The molecule has 0 aromatic carbocycles. The smallest absolute Gasteiger partial charge is 0.157 e. The molecule has 0 aliphatic carbocycles. The molecule has 3 heterocycles. The van der Waals surface area contributed by atoms with E-state index in [1.165, 1.54) is 5.69 Å². The van der Waals surface area contributed by atoms with Crippen LogP contribution in [0.15, 0.2) is 24.7 Å². The summed E-state index contributed by atoms with van der Waals surface area (Å²) in [5, 5.41) is 7.42. The van der Waals surface area contributed by atoms with Crippen LogP contribution in [0.1, 0.15) is 0 Å². The summed E-state index contributed by atoms with van der Waals surface area (Å²) in [6.07, 6.45) is 3.54. The van der Waals surface area contributed by atoms with Gasteiger partial charge in [-0.05, 0) is 6.07 Å². The zero-order chi connectivity index (χ0) is 10.1. The van der Waals surface area contributed by atoms with Crippen molar-refractivity contribution in [3.63, 3.8) is 0 Å². The van der Waals surface area contributed by atoms with E-state index in [0.717, 1.165) is 31.8 Å². The molecule has 5 heteroatoms. The van der Waals surface area contributed by atoms with Gasteiger partial charge in [-0.25, -0.2) is 9.50 Å². The van der Waals surface area contributed by atoms with E-state index in [4.69, 9.17) is 0 Å². The van der Waals surface area contributed by atoms with Crippen molar-refractivity contribution in [3.05, 3.63) is 24.7 Å². The molecule has 1 fully saturated rings. The number of nitrogens with zero attached hydrogens (tertiary/aromatic N) is 4. The van der Waals surface area contributed by atoms with Gasteiger partial charge in [-0.15, -0.1) is 0 Å². The monoisotopic (exact) mass is 203 g/mol. The molecular formula is C10H13N5. The van der Waals surface area contributed by atoms with Gasteiger partial charge in [0.2, 0.25) is 0 Å². The number of hydrogen-bond donors (Lipinski definition) is 1. The van der Waals surface area contributed by atoms with Crippen LogP contribution < -0.4 is 10.2 Å². The molecule has 5 nitrogen and oxygen atoms in total. The van der Waals surface area contributed by atoms with Crippen molar-refractivity contribution in [1.82, 2.24) is 19.9 Å². The first-order chi connectivity index (χ1) is 7.43. The summed E-state index contributed by atoms with van der Waals surface area (Å²) >= 11 is 0. The van der Waals surface area contributed by atoms with Gasteiger partial charge in [0.25, 0.3) is 0 Å². The van der Waals surface area contributed by atoms with Crippen molar-refractivity contribution in [3.8, 4) is 0 Å². The Morgan fingerprint density at radius 2 is 2.13 bits per heavy atom. The molecule has 78 valence electrons. The topological polar surface area (TPSA) is 45.5 Å². The van der Waals surface area contributed by atoms with Crippen LogP contribution in [0.4, 0.5) is 5.69 Å². The van der Waals surface area contributed by atoms with E-state index in [9.17, 15) is 0 Å². The highest BCUT2D eigenvalue weighted by molar-refractivity contribution is 5.55. The lowest BCUT2D eigenvalue weighted by Gasteiger charge is -2.29. The fraction of sp³-hybridized carbons (Fsp3) is 0.400. The van der Waals surface area contributed by atoms with E-state index in [-0.39, 0.29) is 0 Å². The highest BCUT2D eigenvalue weighted by Crippen LogP contribution is 2.15. The molecule has 2 aromatic rings. The molecule has 0 saturated carbocycles. The van der Waals surface area contributed by atoms with Gasteiger partial charge >= 0.3 is 0 Å². The Morgan fingerprint density at radius 1 is 1.27 bits per heavy atom. The number of fused-ring (bicyclic) bond motifs is 1.